The lowest BCUT2D eigenvalue weighted by Gasteiger charge is -2.39. The summed E-state index contributed by atoms with van der Waals surface area (Å²) in [6.45, 7) is 7.61. The normalized spacial score (nSPS) is 22.6. The van der Waals surface area contributed by atoms with Gasteiger partial charge in [0.15, 0.2) is 0 Å². The molecule has 1 aromatic rings. The van der Waals surface area contributed by atoms with Crippen LogP contribution in [-0.2, 0) is 24.1 Å². The van der Waals surface area contributed by atoms with Crippen molar-refractivity contribution in [1.82, 2.24) is 10.1 Å². The highest BCUT2D eigenvalue weighted by atomic mass is 16.5. The molecule has 0 aromatic carbocycles. The Hall–Kier alpha value is -1.36. The monoisotopic (exact) mass is 293 g/mol. The summed E-state index contributed by atoms with van der Waals surface area (Å²) < 4.78 is 5.35. The zero-order valence-electron chi connectivity index (χ0n) is 13.4. The number of carbonyl (C=O) groups is 1. The van der Waals surface area contributed by atoms with Crippen LogP contribution in [-0.4, -0.2) is 35.1 Å². The number of amides is 1. The standard InChI is InChI=1S/C16H27N3O2/c1-4-13-12(15(5-2)21-18-13)9-16(20)19-8-6-7-11(3)14(19)10-17/h11,14H,4-10,17H2,1-3H3/t11-,14+/m0/s1. The third kappa shape index (κ3) is 3.28. The predicted octanol–water partition coefficient (Wildman–Crippen LogP) is 1.93. The van der Waals surface area contributed by atoms with Crippen molar-refractivity contribution in [1.29, 1.82) is 0 Å². The molecule has 0 aliphatic carbocycles. The second-order valence-electron chi connectivity index (χ2n) is 5.92. The van der Waals surface area contributed by atoms with Gasteiger partial charge in [-0.25, -0.2) is 0 Å². The summed E-state index contributed by atoms with van der Waals surface area (Å²) >= 11 is 0. The first-order chi connectivity index (χ1) is 10.1. The molecular formula is C16H27N3O2. The molecule has 1 saturated heterocycles. The minimum Gasteiger partial charge on any atom is -0.361 e. The van der Waals surface area contributed by atoms with E-state index in [1.165, 1.54) is 0 Å². The fourth-order valence-corrected chi connectivity index (χ4v) is 3.31. The number of carbonyl (C=O) groups excluding carboxylic acids is 1. The Bertz CT molecular complexity index is 462. The summed E-state index contributed by atoms with van der Waals surface area (Å²) in [7, 11) is 0. The van der Waals surface area contributed by atoms with Crippen LogP contribution in [0, 0.1) is 5.92 Å². The van der Waals surface area contributed by atoms with Crippen LogP contribution in [0.4, 0.5) is 0 Å². The first kappa shape index (κ1) is 16.0. The van der Waals surface area contributed by atoms with E-state index in [1.54, 1.807) is 0 Å². The molecule has 5 heteroatoms. The Morgan fingerprint density at radius 3 is 2.81 bits per heavy atom. The largest absolute Gasteiger partial charge is 0.361 e. The van der Waals surface area contributed by atoms with E-state index in [0.717, 1.165) is 49.2 Å². The molecule has 2 heterocycles. The van der Waals surface area contributed by atoms with Crippen molar-refractivity contribution in [3.63, 3.8) is 0 Å². The van der Waals surface area contributed by atoms with E-state index in [-0.39, 0.29) is 11.9 Å². The number of aromatic nitrogens is 1. The molecule has 0 spiro atoms. The zero-order valence-corrected chi connectivity index (χ0v) is 13.4. The van der Waals surface area contributed by atoms with E-state index in [4.69, 9.17) is 10.3 Å². The number of nitrogens with zero attached hydrogens (tertiary/aromatic N) is 2. The van der Waals surface area contributed by atoms with Gasteiger partial charge in [-0.15, -0.1) is 0 Å². The van der Waals surface area contributed by atoms with Crippen LogP contribution in [0.1, 0.15) is 50.6 Å². The number of rotatable bonds is 5. The van der Waals surface area contributed by atoms with E-state index < -0.39 is 0 Å². The summed E-state index contributed by atoms with van der Waals surface area (Å²) in [6.07, 6.45) is 4.17. The van der Waals surface area contributed by atoms with Crippen molar-refractivity contribution < 1.29 is 9.32 Å². The molecular weight excluding hydrogens is 266 g/mol. The molecule has 2 atom stereocenters. The quantitative estimate of drug-likeness (QED) is 0.900. The second kappa shape index (κ2) is 7.07. The number of hydrogen-bond acceptors (Lipinski definition) is 4. The molecule has 2 N–H and O–H groups in total. The molecule has 1 amide bonds. The summed E-state index contributed by atoms with van der Waals surface area (Å²) in [5.41, 5.74) is 7.78. The highest BCUT2D eigenvalue weighted by Crippen LogP contribution is 2.24. The van der Waals surface area contributed by atoms with Gasteiger partial charge in [0.2, 0.25) is 5.91 Å². The van der Waals surface area contributed by atoms with Gasteiger partial charge in [-0.2, -0.15) is 0 Å². The molecule has 1 aromatic heterocycles. The third-order valence-electron chi connectivity index (χ3n) is 4.61. The van der Waals surface area contributed by atoms with E-state index in [9.17, 15) is 4.79 Å². The minimum atomic E-state index is 0.157. The van der Waals surface area contributed by atoms with Crippen molar-refractivity contribution in [2.75, 3.05) is 13.1 Å². The molecule has 0 radical (unpaired) electrons. The lowest BCUT2D eigenvalue weighted by atomic mass is 9.90. The molecule has 118 valence electrons. The highest BCUT2D eigenvalue weighted by Gasteiger charge is 2.31. The summed E-state index contributed by atoms with van der Waals surface area (Å²) in [6, 6.07) is 0.168. The van der Waals surface area contributed by atoms with Crippen molar-refractivity contribution in [2.24, 2.45) is 11.7 Å². The number of aryl methyl sites for hydroxylation is 2. The molecule has 1 fully saturated rings. The van der Waals surface area contributed by atoms with Gasteiger partial charge in [-0.3, -0.25) is 4.79 Å². The van der Waals surface area contributed by atoms with Crippen molar-refractivity contribution in [2.45, 2.75) is 58.9 Å². The van der Waals surface area contributed by atoms with Gasteiger partial charge in [0.25, 0.3) is 0 Å². The van der Waals surface area contributed by atoms with Gasteiger partial charge in [-0.05, 0) is 25.2 Å². The van der Waals surface area contributed by atoms with Gasteiger partial charge in [-0.1, -0.05) is 25.9 Å². The number of likely N-dealkylation sites (tertiary alicyclic amines) is 1. The first-order valence-electron chi connectivity index (χ1n) is 8.08. The van der Waals surface area contributed by atoms with Crippen LogP contribution in [0.25, 0.3) is 0 Å². The van der Waals surface area contributed by atoms with E-state index in [0.29, 0.717) is 18.9 Å². The molecule has 1 aliphatic rings. The maximum Gasteiger partial charge on any atom is 0.227 e. The number of piperidine rings is 1. The Labute approximate surface area is 126 Å². The Morgan fingerprint density at radius 1 is 1.43 bits per heavy atom. The van der Waals surface area contributed by atoms with Crippen molar-refractivity contribution >= 4 is 5.91 Å². The molecule has 0 bridgehead atoms. The van der Waals surface area contributed by atoms with Crippen LogP contribution in [0.3, 0.4) is 0 Å². The Kier molecular flexibility index (Phi) is 5.39. The smallest absolute Gasteiger partial charge is 0.227 e. The third-order valence-corrected chi connectivity index (χ3v) is 4.61. The summed E-state index contributed by atoms with van der Waals surface area (Å²) in [5.74, 6) is 1.48. The van der Waals surface area contributed by atoms with Crippen LogP contribution < -0.4 is 5.73 Å². The zero-order chi connectivity index (χ0) is 15.4. The van der Waals surface area contributed by atoms with Gasteiger partial charge < -0.3 is 15.2 Å². The maximum absolute atomic E-state index is 12.7. The molecule has 5 nitrogen and oxygen atoms in total. The first-order valence-corrected chi connectivity index (χ1v) is 8.08. The van der Waals surface area contributed by atoms with Gasteiger partial charge in [0.05, 0.1) is 12.1 Å². The molecule has 1 aliphatic heterocycles. The average Bonchev–Trinajstić information content (AvgIpc) is 2.88. The van der Waals surface area contributed by atoms with Crippen LogP contribution in [0.2, 0.25) is 0 Å². The number of hydrogen-bond donors (Lipinski definition) is 1. The van der Waals surface area contributed by atoms with E-state index in [2.05, 4.69) is 12.1 Å². The Morgan fingerprint density at radius 2 is 2.19 bits per heavy atom. The minimum absolute atomic E-state index is 0.157. The van der Waals surface area contributed by atoms with Crippen LogP contribution >= 0.6 is 0 Å². The van der Waals surface area contributed by atoms with Gasteiger partial charge in [0, 0.05) is 31.1 Å². The lowest BCUT2D eigenvalue weighted by molar-refractivity contribution is -0.135. The predicted molar refractivity (Wildman–Crippen MR) is 81.9 cm³/mol. The van der Waals surface area contributed by atoms with Crippen molar-refractivity contribution in [3.8, 4) is 0 Å². The van der Waals surface area contributed by atoms with Gasteiger partial charge >= 0.3 is 0 Å². The van der Waals surface area contributed by atoms with E-state index >= 15 is 0 Å². The molecule has 0 saturated carbocycles. The lowest BCUT2D eigenvalue weighted by Crippen LogP contribution is -2.51. The highest BCUT2D eigenvalue weighted by molar-refractivity contribution is 5.79. The Balaban J connectivity index is 2.15. The molecule has 0 unspecified atom stereocenters. The number of nitrogens with two attached hydrogens (primary N) is 1. The van der Waals surface area contributed by atoms with Crippen LogP contribution in [0.15, 0.2) is 4.52 Å². The topological polar surface area (TPSA) is 72.4 Å². The van der Waals surface area contributed by atoms with E-state index in [1.807, 2.05) is 18.7 Å². The fraction of sp³-hybridized carbons (Fsp3) is 0.750. The SMILES string of the molecule is CCc1noc(CC)c1CC(=O)N1CCC[C@H](C)[C@H]1CN. The van der Waals surface area contributed by atoms with Crippen molar-refractivity contribution in [3.05, 3.63) is 17.0 Å². The van der Waals surface area contributed by atoms with Gasteiger partial charge in [0.1, 0.15) is 5.76 Å². The summed E-state index contributed by atoms with van der Waals surface area (Å²) in [5, 5.41) is 4.09. The molecule has 2 rings (SSSR count). The fourth-order valence-electron chi connectivity index (χ4n) is 3.31. The average molecular weight is 293 g/mol. The second-order valence-corrected chi connectivity index (χ2v) is 5.92. The molecule has 21 heavy (non-hydrogen) atoms. The summed E-state index contributed by atoms with van der Waals surface area (Å²) in [4.78, 5) is 14.7. The maximum atomic E-state index is 12.7. The van der Waals surface area contributed by atoms with Crippen LogP contribution in [0.5, 0.6) is 0 Å².